The van der Waals surface area contributed by atoms with Crippen LogP contribution in [0, 0.1) is 5.82 Å². The maximum atomic E-state index is 14.0. The number of hydrogen-bond acceptors (Lipinski definition) is 5. The van der Waals surface area contributed by atoms with Gasteiger partial charge in [0.15, 0.2) is 0 Å². The molecule has 36 heavy (non-hydrogen) atoms. The minimum atomic E-state index is -0.664. The Morgan fingerprint density at radius 1 is 0.972 bits per heavy atom. The predicted octanol–water partition coefficient (Wildman–Crippen LogP) is 4.11. The van der Waals surface area contributed by atoms with Crippen molar-refractivity contribution < 1.29 is 23.5 Å². The van der Waals surface area contributed by atoms with Crippen LogP contribution in [0.3, 0.4) is 0 Å². The molecule has 1 aliphatic heterocycles. The SMILES string of the molecule is COC(=O)[C@@H]1C[C@H](N(C)CCOc2ccc(F)cc2)CN1C(=O)C(c1ccccc1)c1ccccc1. The van der Waals surface area contributed by atoms with E-state index < -0.39 is 17.9 Å². The van der Waals surface area contributed by atoms with Crippen molar-refractivity contribution in [3.05, 3.63) is 102 Å². The van der Waals surface area contributed by atoms with Crippen LogP contribution in [0.4, 0.5) is 4.39 Å². The van der Waals surface area contributed by atoms with Gasteiger partial charge in [-0.05, 0) is 48.9 Å². The number of benzene rings is 3. The molecule has 1 aliphatic rings. The molecule has 1 heterocycles. The summed E-state index contributed by atoms with van der Waals surface area (Å²) in [6, 6.07) is 24.4. The Labute approximate surface area is 211 Å². The number of halogens is 1. The zero-order valence-electron chi connectivity index (χ0n) is 20.5. The topological polar surface area (TPSA) is 59.1 Å². The maximum absolute atomic E-state index is 14.0. The number of likely N-dealkylation sites (N-methyl/N-ethyl adjacent to an activating group) is 1. The number of nitrogens with zero attached hydrogens (tertiary/aromatic N) is 2. The van der Waals surface area contributed by atoms with E-state index >= 15 is 0 Å². The summed E-state index contributed by atoms with van der Waals surface area (Å²) in [5.74, 6) is -0.782. The number of ether oxygens (including phenoxy) is 2. The number of amides is 1. The minimum Gasteiger partial charge on any atom is -0.492 e. The van der Waals surface area contributed by atoms with Gasteiger partial charge >= 0.3 is 5.97 Å². The largest absolute Gasteiger partial charge is 0.492 e. The van der Waals surface area contributed by atoms with Gasteiger partial charge in [0.1, 0.15) is 24.2 Å². The molecule has 1 fully saturated rings. The highest BCUT2D eigenvalue weighted by atomic mass is 19.1. The van der Waals surface area contributed by atoms with Gasteiger partial charge in [-0.25, -0.2) is 9.18 Å². The fourth-order valence-electron chi connectivity index (χ4n) is 4.69. The molecule has 0 spiro atoms. The number of carbonyl (C=O) groups is 2. The predicted molar refractivity (Wildman–Crippen MR) is 135 cm³/mol. The van der Waals surface area contributed by atoms with Crippen molar-refractivity contribution >= 4 is 11.9 Å². The van der Waals surface area contributed by atoms with Crippen LogP contribution in [0.1, 0.15) is 23.5 Å². The molecule has 0 aromatic heterocycles. The van der Waals surface area contributed by atoms with E-state index in [0.717, 1.165) is 11.1 Å². The average molecular weight is 491 g/mol. The fourth-order valence-corrected chi connectivity index (χ4v) is 4.69. The summed E-state index contributed by atoms with van der Waals surface area (Å²) in [6.45, 7) is 1.38. The number of esters is 1. The van der Waals surface area contributed by atoms with Crippen molar-refractivity contribution in [1.82, 2.24) is 9.80 Å². The molecule has 3 aromatic carbocycles. The molecular formula is C29H31FN2O4. The minimum absolute atomic E-state index is 0.0398. The van der Waals surface area contributed by atoms with Gasteiger partial charge in [-0.2, -0.15) is 0 Å². The van der Waals surface area contributed by atoms with Crippen LogP contribution in [-0.2, 0) is 14.3 Å². The van der Waals surface area contributed by atoms with E-state index in [1.54, 1.807) is 17.0 Å². The lowest BCUT2D eigenvalue weighted by Crippen LogP contribution is -2.44. The highest BCUT2D eigenvalue weighted by Crippen LogP contribution is 2.32. The molecule has 0 radical (unpaired) electrons. The zero-order valence-corrected chi connectivity index (χ0v) is 20.5. The first-order chi connectivity index (χ1) is 17.5. The summed E-state index contributed by atoms with van der Waals surface area (Å²) in [4.78, 5) is 30.5. The molecule has 7 heteroatoms. The van der Waals surface area contributed by atoms with Crippen LogP contribution < -0.4 is 4.74 Å². The molecule has 6 nitrogen and oxygen atoms in total. The van der Waals surface area contributed by atoms with Crippen LogP contribution in [0.25, 0.3) is 0 Å². The van der Waals surface area contributed by atoms with Crippen molar-refractivity contribution in [2.45, 2.75) is 24.4 Å². The summed E-state index contributed by atoms with van der Waals surface area (Å²) in [6.07, 6.45) is 0.474. The number of carbonyl (C=O) groups excluding carboxylic acids is 2. The van der Waals surface area contributed by atoms with Gasteiger partial charge in [-0.1, -0.05) is 60.7 Å². The van der Waals surface area contributed by atoms with E-state index in [9.17, 15) is 14.0 Å². The van der Waals surface area contributed by atoms with Crippen LogP contribution in [-0.4, -0.2) is 67.6 Å². The van der Waals surface area contributed by atoms with Gasteiger partial charge in [0.2, 0.25) is 5.91 Å². The van der Waals surface area contributed by atoms with E-state index in [0.29, 0.717) is 31.9 Å². The lowest BCUT2D eigenvalue weighted by Gasteiger charge is -2.28. The van der Waals surface area contributed by atoms with Gasteiger partial charge in [0.25, 0.3) is 0 Å². The Balaban J connectivity index is 1.50. The van der Waals surface area contributed by atoms with Gasteiger partial charge in [-0.15, -0.1) is 0 Å². The van der Waals surface area contributed by atoms with E-state index in [1.807, 2.05) is 67.7 Å². The first-order valence-corrected chi connectivity index (χ1v) is 12.0. The molecule has 0 unspecified atom stereocenters. The molecule has 3 aromatic rings. The second-order valence-electron chi connectivity index (χ2n) is 8.96. The lowest BCUT2D eigenvalue weighted by atomic mass is 9.90. The summed E-state index contributed by atoms with van der Waals surface area (Å²) in [5, 5.41) is 0. The Hall–Kier alpha value is -3.71. The third-order valence-corrected chi connectivity index (χ3v) is 6.70. The number of likely N-dealkylation sites (tertiary alicyclic amines) is 1. The smallest absolute Gasteiger partial charge is 0.328 e. The summed E-state index contributed by atoms with van der Waals surface area (Å²) in [5.41, 5.74) is 1.75. The Bertz CT molecular complexity index is 1100. The van der Waals surface area contributed by atoms with Crippen LogP contribution in [0.15, 0.2) is 84.9 Å². The highest BCUT2D eigenvalue weighted by molar-refractivity contribution is 5.91. The van der Waals surface area contributed by atoms with Crippen LogP contribution in [0.5, 0.6) is 5.75 Å². The monoisotopic (exact) mass is 490 g/mol. The average Bonchev–Trinajstić information content (AvgIpc) is 3.36. The van der Waals surface area contributed by atoms with E-state index in [2.05, 4.69) is 4.90 Å². The normalized spacial score (nSPS) is 17.4. The Kier molecular flexibility index (Phi) is 8.33. The van der Waals surface area contributed by atoms with Crippen molar-refractivity contribution in [1.29, 1.82) is 0 Å². The van der Waals surface area contributed by atoms with E-state index in [-0.39, 0.29) is 17.8 Å². The Morgan fingerprint density at radius 3 is 2.11 bits per heavy atom. The molecule has 2 atom stereocenters. The summed E-state index contributed by atoms with van der Waals surface area (Å²) in [7, 11) is 3.30. The molecule has 0 N–H and O–H groups in total. The highest BCUT2D eigenvalue weighted by Gasteiger charge is 2.44. The van der Waals surface area contributed by atoms with Crippen molar-refractivity contribution in [3.63, 3.8) is 0 Å². The van der Waals surface area contributed by atoms with Crippen molar-refractivity contribution in [3.8, 4) is 5.75 Å². The molecule has 0 aliphatic carbocycles. The van der Waals surface area contributed by atoms with Gasteiger partial charge < -0.3 is 14.4 Å². The molecular weight excluding hydrogens is 459 g/mol. The third-order valence-electron chi connectivity index (χ3n) is 6.70. The molecule has 4 rings (SSSR count). The quantitative estimate of drug-likeness (QED) is 0.423. The van der Waals surface area contributed by atoms with Crippen LogP contribution >= 0.6 is 0 Å². The molecule has 0 bridgehead atoms. The fraction of sp³-hybridized carbons (Fsp3) is 0.310. The molecule has 0 saturated carbocycles. The standard InChI is InChI=1S/C29H31FN2O4/c1-31(17-18-36-25-15-13-23(30)14-16-25)24-19-26(29(34)35-2)32(20-24)28(33)27(21-9-5-3-6-10-21)22-11-7-4-8-12-22/h3-16,24,26-27H,17-20H2,1-2H3/t24-,26-/m0/s1. The van der Waals surface area contributed by atoms with Crippen molar-refractivity contribution in [2.24, 2.45) is 0 Å². The van der Waals surface area contributed by atoms with E-state index in [4.69, 9.17) is 9.47 Å². The zero-order chi connectivity index (χ0) is 25.5. The lowest BCUT2D eigenvalue weighted by molar-refractivity contribution is -0.151. The molecule has 188 valence electrons. The second-order valence-corrected chi connectivity index (χ2v) is 8.96. The van der Waals surface area contributed by atoms with Crippen molar-refractivity contribution in [2.75, 3.05) is 33.9 Å². The number of rotatable bonds is 9. The number of hydrogen-bond donors (Lipinski definition) is 0. The van der Waals surface area contributed by atoms with Gasteiger partial charge in [0.05, 0.1) is 13.0 Å². The third kappa shape index (κ3) is 5.91. The van der Waals surface area contributed by atoms with E-state index in [1.165, 1.54) is 19.2 Å². The summed E-state index contributed by atoms with van der Waals surface area (Å²) >= 11 is 0. The van der Waals surface area contributed by atoms with Crippen LogP contribution in [0.2, 0.25) is 0 Å². The summed E-state index contributed by atoms with van der Waals surface area (Å²) < 4.78 is 23.9. The Morgan fingerprint density at radius 2 is 1.56 bits per heavy atom. The van der Waals surface area contributed by atoms with Gasteiger partial charge in [0, 0.05) is 19.1 Å². The number of methoxy groups -OCH3 is 1. The first-order valence-electron chi connectivity index (χ1n) is 12.0. The maximum Gasteiger partial charge on any atom is 0.328 e. The first kappa shape index (κ1) is 25.4. The molecule has 1 saturated heterocycles. The second kappa shape index (κ2) is 11.8. The van der Waals surface area contributed by atoms with Gasteiger partial charge in [-0.3, -0.25) is 9.69 Å². The molecule has 1 amide bonds.